The maximum Gasteiger partial charge on any atom is 0.324 e. The number of rotatable bonds is 3. The van der Waals surface area contributed by atoms with E-state index in [2.05, 4.69) is 5.32 Å². The highest BCUT2D eigenvalue weighted by Crippen LogP contribution is 2.27. The van der Waals surface area contributed by atoms with E-state index in [4.69, 9.17) is 0 Å². The molecule has 1 saturated carbocycles. The van der Waals surface area contributed by atoms with Gasteiger partial charge in [-0.3, -0.25) is 10.1 Å². The molecule has 0 bridgehead atoms. The molecule has 90 valence electrons. The van der Waals surface area contributed by atoms with Gasteiger partial charge in [0.2, 0.25) is 5.91 Å². The van der Waals surface area contributed by atoms with Crippen molar-refractivity contribution in [2.75, 3.05) is 13.1 Å². The third-order valence-corrected chi connectivity index (χ3v) is 3.74. The molecule has 1 aliphatic heterocycles. The SMILES string of the molecule is CC1CN(CCC2CCCC2)C(=O)NC1=O. The minimum Gasteiger partial charge on any atom is -0.324 e. The van der Waals surface area contributed by atoms with Gasteiger partial charge in [-0.15, -0.1) is 0 Å². The van der Waals surface area contributed by atoms with Gasteiger partial charge in [-0.2, -0.15) is 0 Å². The molecule has 0 aromatic carbocycles. The van der Waals surface area contributed by atoms with Crippen LogP contribution in [0, 0.1) is 11.8 Å². The molecule has 1 aliphatic carbocycles. The van der Waals surface area contributed by atoms with Crippen LogP contribution >= 0.6 is 0 Å². The summed E-state index contributed by atoms with van der Waals surface area (Å²) in [6, 6.07) is -0.207. The summed E-state index contributed by atoms with van der Waals surface area (Å²) in [7, 11) is 0. The van der Waals surface area contributed by atoms with Crippen LogP contribution in [0.15, 0.2) is 0 Å². The lowest BCUT2D eigenvalue weighted by atomic mass is 10.0. The van der Waals surface area contributed by atoms with Crippen molar-refractivity contribution < 1.29 is 9.59 Å². The summed E-state index contributed by atoms with van der Waals surface area (Å²) < 4.78 is 0. The molecule has 2 fully saturated rings. The van der Waals surface area contributed by atoms with Crippen LogP contribution in [-0.2, 0) is 4.79 Å². The van der Waals surface area contributed by atoms with Crippen LogP contribution in [0.5, 0.6) is 0 Å². The number of amides is 3. The molecule has 16 heavy (non-hydrogen) atoms. The Hall–Kier alpha value is -1.06. The molecule has 2 aliphatic rings. The average molecular weight is 224 g/mol. The summed E-state index contributed by atoms with van der Waals surface area (Å²) >= 11 is 0. The number of nitrogens with zero attached hydrogens (tertiary/aromatic N) is 1. The zero-order valence-electron chi connectivity index (χ0n) is 9.87. The van der Waals surface area contributed by atoms with Crippen molar-refractivity contribution in [3.05, 3.63) is 0 Å². The Morgan fingerprint density at radius 1 is 1.31 bits per heavy atom. The van der Waals surface area contributed by atoms with Gasteiger partial charge in [0.15, 0.2) is 0 Å². The van der Waals surface area contributed by atoms with Gasteiger partial charge < -0.3 is 4.90 Å². The van der Waals surface area contributed by atoms with E-state index in [-0.39, 0.29) is 17.9 Å². The lowest BCUT2D eigenvalue weighted by Gasteiger charge is -2.31. The lowest BCUT2D eigenvalue weighted by molar-refractivity contribution is -0.125. The zero-order valence-corrected chi connectivity index (χ0v) is 9.87. The van der Waals surface area contributed by atoms with E-state index in [9.17, 15) is 9.59 Å². The molecule has 0 aromatic heterocycles. The molecule has 1 unspecified atom stereocenters. The first-order chi connectivity index (χ1) is 7.66. The normalized spacial score (nSPS) is 27.3. The van der Waals surface area contributed by atoms with Crippen molar-refractivity contribution in [1.29, 1.82) is 0 Å². The molecule has 1 N–H and O–H groups in total. The third-order valence-electron chi connectivity index (χ3n) is 3.74. The topological polar surface area (TPSA) is 49.4 Å². The van der Waals surface area contributed by atoms with Gasteiger partial charge in [0, 0.05) is 13.1 Å². The Labute approximate surface area is 96.4 Å². The van der Waals surface area contributed by atoms with Gasteiger partial charge >= 0.3 is 6.03 Å². The van der Waals surface area contributed by atoms with Crippen LogP contribution in [0.1, 0.15) is 39.0 Å². The van der Waals surface area contributed by atoms with Crippen molar-refractivity contribution in [2.24, 2.45) is 11.8 Å². The molecule has 3 amide bonds. The molecule has 2 rings (SSSR count). The molecule has 1 atom stereocenters. The van der Waals surface area contributed by atoms with E-state index in [1.807, 2.05) is 6.92 Å². The summed E-state index contributed by atoms with van der Waals surface area (Å²) in [4.78, 5) is 24.6. The Morgan fingerprint density at radius 3 is 2.69 bits per heavy atom. The second kappa shape index (κ2) is 4.85. The number of urea groups is 1. The fourth-order valence-electron chi connectivity index (χ4n) is 2.63. The Kier molecular flexibility index (Phi) is 3.46. The number of hydrogen-bond donors (Lipinski definition) is 1. The van der Waals surface area contributed by atoms with Gasteiger partial charge in [-0.05, 0) is 12.3 Å². The van der Waals surface area contributed by atoms with Gasteiger partial charge in [0.25, 0.3) is 0 Å². The minimum absolute atomic E-state index is 0.0683. The van der Waals surface area contributed by atoms with Gasteiger partial charge in [-0.25, -0.2) is 4.79 Å². The molecule has 1 saturated heterocycles. The van der Waals surface area contributed by atoms with Crippen molar-refractivity contribution in [3.8, 4) is 0 Å². The lowest BCUT2D eigenvalue weighted by Crippen LogP contribution is -2.53. The molecule has 0 radical (unpaired) electrons. The van der Waals surface area contributed by atoms with Crippen molar-refractivity contribution in [3.63, 3.8) is 0 Å². The average Bonchev–Trinajstić information content (AvgIpc) is 2.74. The molecular formula is C12H20N2O2. The molecule has 1 heterocycles. The number of nitrogens with one attached hydrogen (secondary N) is 1. The van der Waals surface area contributed by atoms with Crippen LogP contribution < -0.4 is 5.32 Å². The summed E-state index contributed by atoms with van der Waals surface area (Å²) in [6.45, 7) is 3.25. The maximum atomic E-state index is 11.5. The zero-order chi connectivity index (χ0) is 11.5. The van der Waals surface area contributed by atoms with E-state index >= 15 is 0 Å². The van der Waals surface area contributed by atoms with E-state index < -0.39 is 0 Å². The number of carbonyl (C=O) groups is 2. The Balaban J connectivity index is 1.79. The summed E-state index contributed by atoms with van der Waals surface area (Å²) in [5.74, 6) is 0.587. The second-order valence-corrected chi connectivity index (χ2v) is 5.08. The predicted octanol–water partition coefficient (Wildman–Crippen LogP) is 1.75. The first kappa shape index (κ1) is 11.4. The maximum absolute atomic E-state index is 11.5. The van der Waals surface area contributed by atoms with Crippen LogP contribution in [0.2, 0.25) is 0 Å². The van der Waals surface area contributed by atoms with E-state index in [1.54, 1.807) is 4.90 Å². The fraction of sp³-hybridized carbons (Fsp3) is 0.833. The fourth-order valence-corrected chi connectivity index (χ4v) is 2.63. The van der Waals surface area contributed by atoms with Crippen LogP contribution in [0.25, 0.3) is 0 Å². The van der Waals surface area contributed by atoms with Gasteiger partial charge in [-0.1, -0.05) is 32.6 Å². The molecule has 4 heteroatoms. The van der Waals surface area contributed by atoms with Crippen LogP contribution in [0.3, 0.4) is 0 Å². The Morgan fingerprint density at radius 2 is 2.00 bits per heavy atom. The van der Waals surface area contributed by atoms with Crippen molar-refractivity contribution >= 4 is 11.9 Å². The third kappa shape index (κ3) is 2.54. The summed E-state index contributed by atoms with van der Waals surface area (Å²) in [5.41, 5.74) is 0. The first-order valence-corrected chi connectivity index (χ1v) is 6.26. The number of hydrogen-bond acceptors (Lipinski definition) is 2. The van der Waals surface area contributed by atoms with Crippen molar-refractivity contribution in [1.82, 2.24) is 10.2 Å². The van der Waals surface area contributed by atoms with Crippen LogP contribution in [-0.4, -0.2) is 29.9 Å². The smallest absolute Gasteiger partial charge is 0.324 e. The summed E-state index contributed by atoms with van der Waals surface area (Å²) in [5, 5.41) is 2.40. The first-order valence-electron chi connectivity index (χ1n) is 6.26. The highest BCUT2D eigenvalue weighted by atomic mass is 16.2. The quantitative estimate of drug-likeness (QED) is 0.794. The van der Waals surface area contributed by atoms with Crippen LogP contribution in [0.4, 0.5) is 4.79 Å². The predicted molar refractivity (Wildman–Crippen MR) is 60.9 cm³/mol. The van der Waals surface area contributed by atoms with Crippen molar-refractivity contribution in [2.45, 2.75) is 39.0 Å². The molecule has 4 nitrogen and oxygen atoms in total. The monoisotopic (exact) mass is 224 g/mol. The standard InChI is InChI=1S/C12H20N2O2/c1-9-8-14(12(16)13-11(9)15)7-6-10-4-2-3-5-10/h9-10H,2-8H2,1H3,(H,13,15,16). The highest BCUT2D eigenvalue weighted by Gasteiger charge is 2.29. The van der Waals surface area contributed by atoms with Gasteiger partial charge in [0.05, 0.1) is 5.92 Å². The molecular weight excluding hydrogens is 204 g/mol. The van der Waals surface area contributed by atoms with Gasteiger partial charge in [0.1, 0.15) is 0 Å². The van der Waals surface area contributed by atoms with E-state index in [1.165, 1.54) is 25.7 Å². The number of carbonyl (C=O) groups excluding carboxylic acids is 2. The van der Waals surface area contributed by atoms with E-state index in [0.717, 1.165) is 18.9 Å². The summed E-state index contributed by atoms with van der Waals surface area (Å²) in [6.07, 6.45) is 6.39. The largest absolute Gasteiger partial charge is 0.324 e. The Bertz CT molecular complexity index is 285. The molecule has 0 spiro atoms. The highest BCUT2D eigenvalue weighted by molar-refractivity contribution is 5.97. The second-order valence-electron chi connectivity index (χ2n) is 5.08. The molecule has 0 aromatic rings. The minimum atomic E-state index is -0.207. The van der Waals surface area contributed by atoms with E-state index in [0.29, 0.717) is 6.54 Å². The number of imide groups is 1.